The van der Waals surface area contributed by atoms with Gasteiger partial charge in [0.2, 0.25) is 0 Å². The van der Waals surface area contributed by atoms with Crippen LogP contribution < -0.4 is 10.6 Å². The van der Waals surface area contributed by atoms with Gasteiger partial charge in [-0.3, -0.25) is 0 Å². The lowest BCUT2D eigenvalue weighted by Gasteiger charge is -2.21. The van der Waals surface area contributed by atoms with Gasteiger partial charge in [-0.05, 0) is 44.6 Å². The molecule has 22 heavy (non-hydrogen) atoms. The van der Waals surface area contributed by atoms with Gasteiger partial charge in [-0.15, -0.1) is 11.8 Å². The van der Waals surface area contributed by atoms with E-state index >= 15 is 0 Å². The van der Waals surface area contributed by atoms with Crippen LogP contribution in [0.4, 0.5) is 4.79 Å². The Morgan fingerprint density at radius 2 is 2.23 bits per heavy atom. The van der Waals surface area contributed by atoms with Crippen molar-refractivity contribution in [1.29, 1.82) is 0 Å². The maximum atomic E-state index is 11.8. The highest BCUT2D eigenvalue weighted by Crippen LogP contribution is 2.21. The predicted octanol–water partition coefficient (Wildman–Crippen LogP) is 2.73. The highest BCUT2D eigenvalue weighted by Gasteiger charge is 2.26. The fraction of sp³-hybridized carbons (Fsp3) is 0.588. The standard InChI is InChI=1S/C17H27N3OS/c1-4-18-17(21)20-10-9-15(12-20)19-13(2)11-14-7-5-6-8-16(14)22-3/h5-8,13,15,19H,4,9-12H2,1-3H3,(H,18,21)/t13-,15-/m1/s1. The summed E-state index contributed by atoms with van der Waals surface area (Å²) in [5, 5.41) is 6.55. The summed E-state index contributed by atoms with van der Waals surface area (Å²) in [5.74, 6) is 0. The molecule has 1 aromatic rings. The lowest BCUT2D eigenvalue weighted by atomic mass is 10.1. The normalized spacial score (nSPS) is 19.2. The molecule has 0 aliphatic carbocycles. The van der Waals surface area contributed by atoms with Crippen LogP contribution in [0.15, 0.2) is 29.2 Å². The van der Waals surface area contributed by atoms with E-state index < -0.39 is 0 Å². The van der Waals surface area contributed by atoms with Gasteiger partial charge in [0.05, 0.1) is 0 Å². The van der Waals surface area contributed by atoms with E-state index in [1.54, 1.807) is 11.8 Å². The van der Waals surface area contributed by atoms with Crippen molar-refractivity contribution in [3.8, 4) is 0 Å². The van der Waals surface area contributed by atoms with E-state index in [0.717, 1.165) is 25.9 Å². The fourth-order valence-electron chi connectivity index (χ4n) is 3.01. The maximum Gasteiger partial charge on any atom is 0.317 e. The van der Waals surface area contributed by atoms with Gasteiger partial charge >= 0.3 is 6.03 Å². The number of hydrogen-bond acceptors (Lipinski definition) is 3. The van der Waals surface area contributed by atoms with Crippen LogP contribution in [0.25, 0.3) is 0 Å². The molecule has 2 atom stereocenters. The van der Waals surface area contributed by atoms with Crippen LogP contribution >= 0.6 is 11.8 Å². The van der Waals surface area contributed by atoms with Gasteiger partial charge in [-0.1, -0.05) is 18.2 Å². The molecule has 1 aliphatic heterocycles. The number of thioether (sulfide) groups is 1. The number of benzene rings is 1. The van der Waals surface area contributed by atoms with E-state index in [9.17, 15) is 4.79 Å². The maximum absolute atomic E-state index is 11.8. The molecule has 0 unspecified atom stereocenters. The predicted molar refractivity (Wildman–Crippen MR) is 93.6 cm³/mol. The summed E-state index contributed by atoms with van der Waals surface area (Å²) in [6.07, 6.45) is 4.18. The second kappa shape index (κ2) is 8.44. The first-order valence-corrected chi connectivity index (χ1v) is 9.27. The summed E-state index contributed by atoms with van der Waals surface area (Å²) < 4.78 is 0. The monoisotopic (exact) mass is 321 g/mol. The van der Waals surface area contributed by atoms with Gasteiger partial charge in [0.1, 0.15) is 0 Å². The number of urea groups is 1. The zero-order valence-corrected chi connectivity index (χ0v) is 14.6. The van der Waals surface area contributed by atoms with E-state index in [1.165, 1.54) is 10.5 Å². The van der Waals surface area contributed by atoms with Crippen LogP contribution in [0.2, 0.25) is 0 Å². The molecule has 2 amide bonds. The first-order chi connectivity index (χ1) is 10.6. The molecule has 0 saturated carbocycles. The summed E-state index contributed by atoms with van der Waals surface area (Å²) >= 11 is 1.80. The molecule has 1 fully saturated rings. The molecule has 5 heteroatoms. The topological polar surface area (TPSA) is 44.4 Å². The number of nitrogens with one attached hydrogen (secondary N) is 2. The third kappa shape index (κ3) is 4.65. The Morgan fingerprint density at radius 3 is 2.95 bits per heavy atom. The first-order valence-electron chi connectivity index (χ1n) is 8.04. The highest BCUT2D eigenvalue weighted by molar-refractivity contribution is 7.98. The Kier molecular flexibility index (Phi) is 6.58. The Morgan fingerprint density at radius 1 is 1.45 bits per heavy atom. The number of carbonyl (C=O) groups is 1. The summed E-state index contributed by atoms with van der Waals surface area (Å²) in [4.78, 5) is 15.1. The molecule has 0 radical (unpaired) electrons. The van der Waals surface area contributed by atoms with E-state index in [4.69, 9.17) is 0 Å². The molecule has 0 bridgehead atoms. The fourth-order valence-corrected chi connectivity index (χ4v) is 3.63. The second-order valence-corrected chi connectivity index (χ2v) is 6.70. The van der Waals surface area contributed by atoms with Crippen molar-refractivity contribution in [2.24, 2.45) is 0 Å². The van der Waals surface area contributed by atoms with Gasteiger partial charge in [0, 0.05) is 36.6 Å². The van der Waals surface area contributed by atoms with Crippen LogP contribution in [0.5, 0.6) is 0 Å². The quantitative estimate of drug-likeness (QED) is 0.792. The largest absolute Gasteiger partial charge is 0.338 e. The van der Waals surface area contributed by atoms with E-state index in [2.05, 4.69) is 48.1 Å². The van der Waals surface area contributed by atoms with Crippen molar-refractivity contribution in [3.63, 3.8) is 0 Å². The van der Waals surface area contributed by atoms with Crippen LogP contribution in [0.1, 0.15) is 25.8 Å². The molecule has 4 nitrogen and oxygen atoms in total. The average Bonchev–Trinajstić information content (AvgIpc) is 2.96. The summed E-state index contributed by atoms with van der Waals surface area (Å²) in [7, 11) is 0. The molecule has 0 aromatic heterocycles. The van der Waals surface area contributed by atoms with Crippen molar-refractivity contribution in [2.45, 2.75) is 43.7 Å². The molecule has 2 rings (SSSR count). The molecule has 1 aromatic carbocycles. The van der Waals surface area contributed by atoms with Gasteiger partial charge in [0.15, 0.2) is 0 Å². The van der Waals surface area contributed by atoms with Crippen molar-refractivity contribution in [1.82, 2.24) is 15.5 Å². The van der Waals surface area contributed by atoms with Gasteiger partial charge < -0.3 is 15.5 Å². The number of hydrogen-bond donors (Lipinski definition) is 2. The molecule has 1 saturated heterocycles. The smallest absolute Gasteiger partial charge is 0.317 e. The number of carbonyl (C=O) groups excluding carboxylic acids is 1. The van der Waals surface area contributed by atoms with Crippen molar-refractivity contribution < 1.29 is 4.79 Å². The highest BCUT2D eigenvalue weighted by atomic mass is 32.2. The van der Waals surface area contributed by atoms with Gasteiger partial charge in [-0.2, -0.15) is 0 Å². The molecular formula is C17H27N3OS. The lowest BCUT2D eigenvalue weighted by molar-refractivity contribution is 0.208. The van der Waals surface area contributed by atoms with Crippen molar-refractivity contribution >= 4 is 17.8 Å². The second-order valence-electron chi connectivity index (χ2n) is 5.85. The van der Waals surface area contributed by atoms with Crippen LogP contribution in [-0.2, 0) is 6.42 Å². The molecule has 2 N–H and O–H groups in total. The van der Waals surface area contributed by atoms with Crippen molar-refractivity contribution in [3.05, 3.63) is 29.8 Å². The third-order valence-corrected chi connectivity index (χ3v) is 4.88. The summed E-state index contributed by atoms with van der Waals surface area (Å²) in [6.45, 7) is 6.52. The zero-order valence-electron chi connectivity index (χ0n) is 13.8. The Balaban J connectivity index is 1.83. The minimum atomic E-state index is 0.0622. The zero-order chi connectivity index (χ0) is 15.9. The molecule has 0 spiro atoms. The number of rotatable bonds is 6. The molecular weight excluding hydrogens is 294 g/mol. The third-order valence-electron chi connectivity index (χ3n) is 4.04. The first kappa shape index (κ1) is 17.2. The van der Waals surface area contributed by atoms with E-state index in [0.29, 0.717) is 18.6 Å². The minimum Gasteiger partial charge on any atom is -0.338 e. The van der Waals surface area contributed by atoms with E-state index in [-0.39, 0.29) is 6.03 Å². The SMILES string of the molecule is CCNC(=O)N1CC[C@@H](N[C@H](C)Cc2ccccc2SC)C1. The number of likely N-dealkylation sites (tertiary alicyclic amines) is 1. The van der Waals surface area contributed by atoms with Gasteiger partial charge in [0.25, 0.3) is 0 Å². The Hall–Kier alpha value is -1.20. The van der Waals surface area contributed by atoms with Gasteiger partial charge in [-0.25, -0.2) is 4.79 Å². The number of nitrogens with zero attached hydrogens (tertiary/aromatic N) is 1. The van der Waals surface area contributed by atoms with Crippen LogP contribution in [-0.4, -0.2) is 48.9 Å². The minimum absolute atomic E-state index is 0.0622. The Bertz CT molecular complexity index is 495. The molecule has 1 aliphatic rings. The average molecular weight is 321 g/mol. The molecule has 122 valence electrons. The van der Waals surface area contributed by atoms with E-state index in [1.807, 2.05) is 11.8 Å². The number of amides is 2. The molecule has 1 heterocycles. The van der Waals surface area contributed by atoms with Crippen LogP contribution in [0.3, 0.4) is 0 Å². The summed E-state index contributed by atoms with van der Waals surface area (Å²) in [6, 6.07) is 9.46. The van der Waals surface area contributed by atoms with Crippen LogP contribution in [0, 0.1) is 0 Å². The van der Waals surface area contributed by atoms with Crippen molar-refractivity contribution in [2.75, 3.05) is 25.9 Å². The Labute approximate surface area is 138 Å². The summed E-state index contributed by atoms with van der Waals surface area (Å²) in [5.41, 5.74) is 1.40. The lowest BCUT2D eigenvalue weighted by Crippen LogP contribution is -2.43.